The normalized spacial score (nSPS) is 13.1. The lowest BCUT2D eigenvalue weighted by atomic mass is 10.1. The van der Waals surface area contributed by atoms with Gasteiger partial charge in [0.05, 0.1) is 17.3 Å². The molecule has 2 aromatic heterocycles. The molecule has 0 atom stereocenters. The molecule has 3 aromatic carbocycles. The summed E-state index contributed by atoms with van der Waals surface area (Å²) in [6.07, 6.45) is 5.63. The van der Waals surface area contributed by atoms with Crippen molar-refractivity contribution in [1.82, 2.24) is 19.7 Å². The quantitative estimate of drug-likeness (QED) is 0.307. The molecule has 7 nitrogen and oxygen atoms in total. The van der Waals surface area contributed by atoms with Gasteiger partial charge in [-0.05, 0) is 43.2 Å². The van der Waals surface area contributed by atoms with E-state index in [1.54, 1.807) is 30.5 Å². The van der Waals surface area contributed by atoms with Crippen molar-refractivity contribution in [3.05, 3.63) is 96.2 Å². The van der Waals surface area contributed by atoms with E-state index in [4.69, 9.17) is 4.42 Å². The van der Waals surface area contributed by atoms with Gasteiger partial charge in [-0.25, -0.2) is 9.37 Å². The second-order valence-electron chi connectivity index (χ2n) is 8.99. The molecule has 0 spiro atoms. The topological polar surface area (TPSA) is 85.8 Å². The molecule has 0 fully saturated rings. The van der Waals surface area contributed by atoms with Crippen molar-refractivity contribution in [3.63, 3.8) is 0 Å². The first-order chi connectivity index (χ1) is 18.2. The summed E-state index contributed by atoms with van der Waals surface area (Å²) in [4.78, 5) is 17.7. The minimum atomic E-state index is -0.411. The number of anilines is 1. The highest BCUT2D eigenvalue weighted by Crippen LogP contribution is 2.30. The number of nitrogens with one attached hydrogen (secondary N) is 1. The van der Waals surface area contributed by atoms with Crippen LogP contribution in [0, 0.1) is 5.82 Å². The van der Waals surface area contributed by atoms with E-state index in [1.165, 1.54) is 12.1 Å². The van der Waals surface area contributed by atoms with Gasteiger partial charge in [-0.1, -0.05) is 48.9 Å². The van der Waals surface area contributed by atoms with Gasteiger partial charge in [-0.3, -0.25) is 4.79 Å². The number of rotatable bonds is 5. The molecule has 0 saturated heterocycles. The maximum Gasteiger partial charge on any atom is 0.256 e. The Kier molecular flexibility index (Phi) is 6.06. The van der Waals surface area contributed by atoms with Crippen LogP contribution in [0.4, 0.5) is 10.1 Å². The predicted molar refractivity (Wildman–Crippen MR) is 138 cm³/mol. The van der Waals surface area contributed by atoms with E-state index >= 15 is 0 Å². The molecule has 0 saturated carbocycles. The maximum atomic E-state index is 14.9. The average molecular weight is 494 g/mol. The second-order valence-corrected chi connectivity index (χ2v) is 8.99. The van der Waals surface area contributed by atoms with Gasteiger partial charge in [-0.2, -0.15) is 0 Å². The summed E-state index contributed by atoms with van der Waals surface area (Å²) < 4.78 is 22.8. The Labute approximate surface area is 213 Å². The first kappa shape index (κ1) is 22.8. The zero-order valence-electron chi connectivity index (χ0n) is 20.0. The van der Waals surface area contributed by atoms with Crippen LogP contribution in [0.25, 0.3) is 34.2 Å². The molecule has 1 N–H and O–H groups in total. The molecule has 0 unspecified atom stereocenters. The van der Waals surface area contributed by atoms with E-state index in [9.17, 15) is 9.18 Å². The fourth-order valence-electron chi connectivity index (χ4n) is 4.66. The number of amides is 1. The summed E-state index contributed by atoms with van der Waals surface area (Å²) in [5.74, 6) is 1.55. The molecule has 3 heterocycles. The van der Waals surface area contributed by atoms with Crippen molar-refractivity contribution in [2.75, 3.05) is 5.32 Å². The van der Waals surface area contributed by atoms with E-state index in [1.807, 2.05) is 41.0 Å². The maximum absolute atomic E-state index is 14.9. The molecule has 1 aliphatic rings. The molecular formula is C29H24FN5O2. The first-order valence-electron chi connectivity index (χ1n) is 12.3. The van der Waals surface area contributed by atoms with Gasteiger partial charge in [0.25, 0.3) is 5.91 Å². The lowest BCUT2D eigenvalue weighted by Crippen LogP contribution is -2.13. The van der Waals surface area contributed by atoms with Crippen molar-refractivity contribution in [2.24, 2.45) is 0 Å². The Bertz CT molecular complexity index is 1570. The Balaban J connectivity index is 1.29. The fourth-order valence-corrected chi connectivity index (χ4v) is 4.66. The molecule has 8 heteroatoms. The molecular weight excluding hydrogens is 469 g/mol. The number of fused-ring (bicyclic) bond motifs is 1. The molecule has 5 aromatic rings. The van der Waals surface area contributed by atoms with Crippen molar-refractivity contribution < 1.29 is 13.6 Å². The Morgan fingerprint density at radius 1 is 0.919 bits per heavy atom. The summed E-state index contributed by atoms with van der Waals surface area (Å²) >= 11 is 0. The number of nitrogens with zero attached hydrogens (tertiary/aromatic N) is 4. The van der Waals surface area contributed by atoms with Gasteiger partial charge in [0, 0.05) is 29.8 Å². The highest BCUT2D eigenvalue weighted by atomic mass is 19.1. The van der Waals surface area contributed by atoms with Gasteiger partial charge in [-0.15, -0.1) is 10.2 Å². The van der Waals surface area contributed by atoms with Crippen LogP contribution in [-0.2, 0) is 13.0 Å². The van der Waals surface area contributed by atoms with E-state index < -0.39 is 5.82 Å². The van der Waals surface area contributed by atoms with Gasteiger partial charge in [0.15, 0.2) is 11.6 Å². The summed E-state index contributed by atoms with van der Waals surface area (Å²) in [6, 6.07) is 21.2. The van der Waals surface area contributed by atoms with Crippen LogP contribution >= 0.6 is 0 Å². The average Bonchev–Trinajstić information content (AvgIpc) is 3.52. The Morgan fingerprint density at radius 2 is 1.76 bits per heavy atom. The number of aromatic nitrogens is 4. The SMILES string of the molecule is O=C(Nc1ccc(F)c(-c2nnc3n2CCCCC3)c1)c1ccccc1-c1ncc(-c2ccccc2)o1. The molecule has 1 amide bonds. The van der Waals surface area contributed by atoms with Crippen molar-refractivity contribution in [2.45, 2.75) is 32.2 Å². The lowest BCUT2D eigenvalue weighted by molar-refractivity contribution is 0.102. The zero-order chi connectivity index (χ0) is 25.2. The number of benzene rings is 3. The number of hydrogen-bond donors (Lipinski definition) is 1. The largest absolute Gasteiger partial charge is 0.436 e. The van der Waals surface area contributed by atoms with Crippen LogP contribution in [0.3, 0.4) is 0 Å². The van der Waals surface area contributed by atoms with Gasteiger partial charge in [0.2, 0.25) is 5.89 Å². The molecule has 1 aliphatic heterocycles. The molecule has 184 valence electrons. The predicted octanol–water partition coefficient (Wildman–Crippen LogP) is 6.38. The summed E-state index contributed by atoms with van der Waals surface area (Å²) in [7, 11) is 0. The first-order valence-corrected chi connectivity index (χ1v) is 12.3. The minimum absolute atomic E-state index is 0.312. The fraction of sp³-hybridized carbons (Fsp3) is 0.172. The van der Waals surface area contributed by atoms with E-state index in [2.05, 4.69) is 20.5 Å². The third-order valence-electron chi connectivity index (χ3n) is 6.54. The Hall–Kier alpha value is -4.59. The number of carbonyl (C=O) groups excluding carboxylic acids is 1. The van der Waals surface area contributed by atoms with Gasteiger partial charge >= 0.3 is 0 Å². The number of halogens is 1. The van der Waals surface area contributed by atoms with E-state index in [-0.39, 0.29) is 5.91 Å². The molecule has 0 aliphatic carbocycles. The highest BCUT2D eigenvalue weighted by Gasteiger charge is 2.21. The number of oxazole rings is 1. The molecule has 0 radical (unpaired) electrons. The van der Waals surface area contributed by atoms with Crippen molar-refractivity contribution in [3.8, 4) is 34.2 Å². The van der Waals surface area contributed by atoms with E-state index in [0.717, 1.165) is 43.6 Å². The van der Waals surface area contributed by atoms with Crippen LogP contribution in [0.2, 0.25) is 0 Å². The summed E-state index contributed by atoms with van der Waals surface area (Å²) in [6.45, 7) is 0.752. The van der Waals surface area contributed by atoms with Gasteiger partial charge in [0.1, 0.15) is 11.6 Å². The number of aryl methyl sites for hydroxylation is 1. The van der Waals surface area contributed by atoms with Crippen molar-refractivity contribution >= 4 is 11.6 Å². The smallest absolute Gasteiger partial charge is 0.256 e. The van der Waals surface area contributed by atoms with Crippen molar-refractivity contribution in [1.29, 1.82) is 0 Å². The van der Waals surface area contributed by atoms with Crippen LogP contribution < -0.4 is 5.32 Å². The van der Waals surface area contributed by atoms with Crippen LogP contribution in [-0.4, -0.2) is 25.7 Å². The third kappa shape index (κ3) is 4.53. The molecule has 37 heavy (non-hydrogen) atoms. The second kappa shape index (κ2) is 9.81. The van der Waals surface area contributed by atoms with Crippen LogP contribution in [0.15, 0.2) is 83.4 Å². The monoisotopic (exact) mass is 493 g/mol. The van der Waals surface area contributed by atoms with Crippen LogP contribution in [0.1, 0.15) is 35.4 Å². The summed E-state index contributed by atoms with van der Waals surface area (Å²) in [5, 5.41) is 11.4. The third-order valence-corrected chi connectivity index (χ3v) is 6.54. The number of carbonyl (C=O) groups is 1. The zero-order valence-corrected chi connectivity index (χ0v) is 20.0. The highest BCUT2D eigenvalue weighted by molar-refractivity contribution is 6.08. The number of hydrogen-bond acceptors (Lipinski definition) is 5. The summed E-state index contributed by atoms with van der Waals surface area (Å²) in [5.41, 5.74) is 2.62. The van der Waals surface area contributed by atoms with Crippen LogP contribution in [0.5, 0.6) is 0 Å². The van der Waals surface area contributed by atoms with Gasteiger partial charge < -0.3 is 14.3 Å². The van der Waals surface area contributed by atoms with E-state index in [0.29, 0.717) is 39.9 Å². The standard InChI is InChI=1S/C29H24FN5O2/c30-24-15-14-20(17-23(24)27-34-33-26-13-5-2-8-16-35(26)27)32-28(36)21-11-6-7-12-22(21)29-31-18-25(37-29)19-9-3-1-4-10-19/h1,3-4,6-7,9-12,14-15,17-18H,2,5,8,13,16H2,(H,32,36). The Morgan fingerprint density at radius 3 is 2.65 bits per heavy atom. The minimum Gasteiger partial charge on any atom is -0.436 e. The molecule has 6 rings (SSSR count). The molecule has 0 bridgehead atoms. The lowest BCUT2D eigenvalue weighted by Gasteiger charge is -2.11.